The van der Waals surface area contributed by atoms with Gasteiger partial charge in [-0.25, -0.2) is 4.79 Å². The Labute approximate surface area is 124 Å². The van der Waals surface area contributed by atoms with Crippen LogP contribution in [0.25, 0.3) is 0 Å². The average molecular weight is 310 g/mol. The summed E-state index contributed by atoms with van der Waals surface area (Å²) >= 11 is 0. The third-order valence-electron chi connectivity index (χ3n) is 1.88. The molecule has 0 heterocycles. The fourth-order valence-electron chi connectivity index (χ4n) is 0.757. The quantitative estimate of drug-likeness (QED) is 0.254. The number of carboxylic acid groups (broad SMARTS) is 1. The molecule has 1 atom stereocenters. The number of rotatable bonds is 12. The highest BCUT2D eigenvalue weighted by atomic mass is 16.6. The molecule has 0 aliphatic heterocycles. The molecule has 21 heavy (non-hydrogen) atoms. The molecule has 8 heteroatoms. The van der Waals surface area contributed by atoms with Gasteiger partial charge in [-0.3, -0.25) is 0 Å². The molecule has 0 fully saturated rings. The standard InChI is InChI=1S/C9H20O6.C4H6O2/c1-12-9(11)8-15-7-6-14-5-4-13-3-2-10;1-3(2)4(5)6/h9-11H,2-8H2,1H3;1H2,2H3,(H,5,6). The van der Waals surface area contributed by atoms with Crippen LogP contribution in [0.5, 0.6) is 0 Å². The summed E-state index contributed by atoms with van der Waals surface area (Å²) in [6, 6.07) is 0. The van der Waals surface area contributed by atoms with Crippen molar-refractivity contribution >= 4 is 5.97 Å². The topological polar surface area (TPSA) is 115 Å². The van der Waals surface area contributed by atoms with E-state index in [4.69, 9.17) is 29.5 Å². The van der Waals surface area contributed by atoms with Crippen molar-refractivity contribution in [2.45, 2.75) is 13.2 Å². The molecule has 0 saturated carbocycles. The Hall–Kier alpha value is -1.03. The van der Waals surface area contributed by atoms with Crippen LogP contribution in [0.3, 0.4) is 0 Å². The fourth-order valence-corrected chi connectivity index (χ4v) is 0.757. The van der Waals surface area contributed by atoms with Crippen LogP contribution in [0.1, 0.15) is 6.92 Å². The maximum Gasteiger partial charge on any atom is 0.330 e. The van der Waals surface area contributed by atoms with Crippen LogP contribution in [-0.2, 0) is 23.7 Å². The normalized spacial score (nSPS) is 11.4. The van der Waals surface area contributed by atoms with E-state index in [1.807, 2.05) is 0 Å². The van der Waals surface area contributed by atoms with E-state index in [0.29, 0.717) is 33.0 Å². The predicted molar refractivity (Wildman–Crippen MR) is 75.0 cm³/mol. The minimum atomic E-state index is -0.935. The van der Waals surface area contributed by atoms with Gasteiger partial charge in [-0.05, 0) is 6.92 Å². The monoisotopic (exact) mass is 310 g/mol. The van der Waals surface area contributed by atoms with Gasteiger partial charge in [-0.1, -0.05) is 6.58 Å². The summed E-state index contributed by atoms with van der Waals surface area (Å²) in [4.78, 5) is 9.60. The van der Waals surface area contributed by atoms with Gasteiger partial charge in [-0.15, -0.1) is 0 Å². The highest BCUT2D eigenvalue weighted by molar-refractivity contribution is 5.84. The third-order valence-corrected chi connectivity index (χ3v) is 1.88. The number of aliphatic hydroxyl groups is 2. The molecule has 0 aromatic heterocycles. The van der Waals surface area contributed by atoms with E-state index in [2.05, 4.69) is 11.3 Å². The van der Waals surface area contributed by atoms with E-state index in [1.54, 1.807) is 0 Å². The second kappa shape index (κ2) is 17.0. The molecule has 0 rings (SSSR count). The first-order chi connectivity index (χ1) is 9.95. The molecule has 126 valence electrons. The van der Waals surface area contributed by atoms with E-state index in [0.717, 1.165) is 0 Å². The lowest BCUT2D eigenvalue weighted by Gasteiger charge is -2.09. The average Bonchev–Trinajstić information content (AvgIpc) is 2.45. The van der Waals surface area contributed by atoms with Crippen LogP contribution in [0, 0.1) is 0 Å². The van der Waals surface area contributed by atoms with Crippen LogP contribution in [0.2, 0.25) is 0 Å². The van der Waals surface area contributed by atoms with Gasteiger partial charge in [0.05, 0.1) is 46.2 Å². The molecule has 0 bridgehead atoms. The van der Waals surface area contributed by atoms with E-state index < -0.39 is 12.3 Å². The number of aliphatic carboxylic acids is 1. The zero-order chi connectivity index (χ0) is 16.5. The van der Waals surface area contributed by atoms with Crippen LogP contribution in [0.4, 0.5) is 0 Å². The van der Waals surface area contributed by atoms with E-state index in [1.165, 1.54) is 14.0 Å². The SMILES string of the molecule is C=C(C)C(=O)O.COC(O)COCCOCCOCCO. The Morgan fingerprint density at radius 2 is 1.52 bits per heavy atom. The van der Waals surface area contributed by atoms with Crippen molar-refractivity contribution in [2.24, 2.45) is 0 Å². The molecular weight excluding hydrogens is 284 g/mol. The lowest BCUT2D eigenvalue weighted by Crippen LogP contribution is -2.19. The second-order valence-electron chi connectivity index (χ2n) is 3.80. The molecule has 0 spiro atoms. The predicted octanol–water partition coefficient (Wildman–Crippen LogP) is -0.360. The van der Waals surface area contributed by atoms with E-state index in [-0.39, 0.29) is 18.8 Å². The van der Waals surface area contributed by atoms with Crippen LogP contribution in [-0.4, -0.2) is 80.9 Å². The highest BCUT2D eigenvalue weighted by Gasteiger charge is 1.99. The van der Waals surface area contributed by atoms with Crippen molar-refractivity contribution in [3.63, 3.8) is 0 Å². The molecule has 1 unspecified atom stereocenters. The van der Waals surface area contributed by atoms with Gasteiger partial charge in [0.1, 0.15) is 0 Å². The molecule has 0 amide bonds. The Balaban J connectivity index is 0. The van der Waals surface area contributed by atoms with Gasteiger partial charge in [-0.2, -0.15) is 0 Å². The summed E-state index contributed by atoms with van der Waals surface area (Å²) in [7, 11) is 1.41. The second-order valence-corrected chi connectivity index (χ2v) is 3.80. The molecular formula is C13H26O8. The van der Waals surface area contributed by atoms with E-state index in [9.17, 15) is 4.79 Å². The summed E-state index contributed by atoms with van der Waals surface area (Å²) in [5.41, 5.74) is 0.176. The molecule has 0 saturated heterocycles. The van der Waals surface area contributed by atoms with Gasteiger partial charge in [0.2, 0.25) is 0 Å². The minimum absolute atomic E-state index is 0.0258. The molecule has 8 nitrogen and oxygen atoms in total. The van der Waals surface area contributed by atoms with Crippen molar-refractivity contribution in [1.29, 1.82) is 0 Å². The zero-order valence-corrected chi connectivity index (χ0v) is 12.6. The Bertz CT molecular complexity index is 245. The van der Waals surface area contributed by atoms with Crippen molar-refractivity contribution in [3.05, 3.63) is 12.2 Å². The molecule has 0 aromatic rings. The molecule has 0 aliphatic carbocycles. The van der Waals surface area contributed by atoms with Crippen molar-refractivity contribution in [3.8, 4) is 0 Å². The van der Waals surface area contributed by atoms with Gasteiger partial charge in [0, 0.05) is 12.7 Å². The minimum Gasteiger partial charge on any atom is -0.478 e. The number of hydrogen-bond acceptors (Lipinski definition) is 7. The zero-order valence-electron chi connectivity index (χ0n) is 12.6. The summed E-state index contributed by atoms with van der Waals surface area (Å²) in [6.45, 7) is 6.88. The Morgan fingerprint density at radius 3 is 1.90 bits per heavy atom. The number of methoxy groups -OCH3 is 1. The summed E-state index contributed by atoms with van der Waals surface area (Å²) in [6.07, 6.45) is -0.877. The summed E-state index contributed by atoms with van der Waals surface area (Å²) in [5.74, 6) is -0.935. The van der Waals surface area contributed by atoms with Gasteiger partial charge < -0.3 is 34.3 Å². The largest absolute Gasteiger partial charge is 0.478 e. The third kappa shape index (κ3) is 21.4. The van der Waals surface area contributed by atoms with Crippen molar-refractivity contribution in [1.82, 2.24) is 0 Å². The van der Waals surface area contributed by atoms with Crippen molar-refractivity contribution < 1.29 is 39.1 Å². The first-order valence-electron chi connectivity index (χ1n) is 6.39. The number of aliphatic hydroxyl groups excluding tert-OH is 2. The van der Waals surface area contributed by atoms with Crippen LogP contribution >= 0.6 is 0 Å². The van der Waals surface area contributed by atoms with Crippen LogP contribution in [0.15, 0.2) is 12.2 Å². The summed E-state index contributed by atoms with van der Waals surface area (Å²) < 4.78 is 19.7. The number of hydrogen-bond donors (Lipinski definition) is 3. The van der Waals surface area contributed by atoms with Crippen molar-refractivity contribution in [2.75, 3.05) is 53.4 Å². The highest BCUT2D eigenvalue weighted by Crippen LogP contribution is 1.86. The maximum absolute atomic E-state index is 9.60. The number of carbonyl (C=O) groups is 1. The Morgan fingerprint density at radius 1 is 1.10 bits per heavy atom. The maximum atomic E-state index is 9.60. The van der Waals surface area contributed by atoms with Crippen LogP contribution < -0.4 is 0 Å². The first-order valence-corrected chi connectivity index (χ1v) is 6.39. The molecule has 0 aromatic carbocycles. The smallest absolute Gasteiger partial charge is 0.330 e. The first kappa shape index (κ1) is 22.3. The number of carboxylic acids is 1. The molecule has 0 aliphatic rings. The van der Waals surface area contributed by atoms with E-state index >= 15 is 0 Å². The van der Waals surface area contributed by atoms with Gasteiger partial charge in [0.15, 0.2) is 6.29 Å². The molecule has 3 N–H and O–H groups in total. The number of ether oxygens (including phenoxy) is 4. The summed E-state index contributed by atoms with van der Waals surface area (Å²) in [5, 5.41) is 25.2. The Kier molecular flexibility index (Phi) is 18.0. The lowest BCUT2D eigenvalue weighted by atomic mass is 10.4. The van der Waals surface area contributed by atoms with Gasteiger partial charge in [0.25, 0.3) is 0 Å². The lowest BCUT2D eigenvalue weighted by molar-refractivity contribution is -0.132. The fraction of sp³-hybridized carbons (Fsp3) is 0.769. The molecule has 0 radical (unpaired) electrons. The van der Waals surface area contributed by atoms with Gasteiger partial charge >= 0.3 is 5.97 Å².